The minimum absolute atomic E-state index is 0.380. The zero-order valence-electron chi connectivity index (χ0n) is 9.77. The molecule has 0 aliphatic heterocycles. The van der Waals surface area contributed by atoms with Crippen LogP contribution in [-0.4, -0.2) is 11.8 Å². The molecule has 1 aliphatic rings. The van der Waals surface area contributed by atoms with E-state index in [2.05, 4.69) is 30.3 Å². The van der Waals surface area contributed by atoms with E-state index in [0.717, 1.165) is 11.7 Å². The largest absolute Gasteiger partial charge is 0.327 e. The van der Waals surface area contributed by atoms with Crippen molar-refractivity contribution in [2.24, 2.45) is 11.7 Å². The van der Waals surface area contributed by atoms with Gasteiger partial charge in [0.05, 0.1) is 0 Å². The van der Waals surface area contributed by atoms with Crippen LogP contribution < -0.4 is 5.73 Å². The third-order valence-corrected chi connectivity index (χ3v) is 4.60. The van der Waals surface area contributed by atoms with E-state index >= 15 is 0 Å². The molecule has 1 nitrogen and oxygen atoms in total. The van der Waals surface area contributed by atoms with Crippen molar-refractivity contribution in [2.45, 2.75) is 43.0 Å². The zero-order chi connectivity index (χ0) is 11.2. The van der Waals surface area contributed by atoms with Crippen LogP contribution >= 0.6 is 11.8 Å². The second kappa shape index (κ2) is 6.31. The molecule has 1 unspecified atom stereocenters. The molecule has 1 fully saturated rings. The zero-order valence-corrected chi connectivity index (χ0v) is 10.6. The average Bonchev–Trinajstić information content (AvgIpc) is 2.38. The quantitative estimate of drug-likeness (QED) is 0.806. The van der Waals surface area contributed by atoms with Crippen LogP contribution in [-0.2, 0) is 0 Å². The molecule has 2 heteroatoms. The first-order chi connectivity index (χ1) is 7.86. The van der Waals surface area contributed by atoms with Crippen molar-refractivity contribution in [1.29, 1.82) is 0 Å². The standard InChI is InChI=1S/C14H21NS/c15-14(12-7-3-1-4-8-12)11-16-13-9-5-2-6-10-13/h2,5-6,9-10,12,14H,1,3-4,7-8,11,15H2. The third-order valence-electron chi connectivity index (χ3n) is 3.44. The Labute approximate surface area is 103 Å². The Kier molecular flexibility index (Phi) is 4.73. The Morgan fingerprint density at radius 2 is 1.81 bits per heavy atom. The molecule has 1 aromatic carbocycles. The molecule has 1 aromatic rings. The molecule has 1 atom stereocenters. The number of nitrogens with two attached hydrogens (primary N) is 1. The Bertz CT molecular complexity index is 293. The molecule has 0 radical (unpaired) electrons. The van der Waals surface area contributed by atoms with Gasteiger partial charge in [0.25, 0.3) is 0 Å². The van der Waals surface area contributed by atoms with Gasteiger partial charge in [-0.05, 0) is 30.9 Å². The van der Waals surface area contributed by atoms with E-state index in [4.69, 9.17) is 5.73 Å². The first kappa shape index (κ1) is 12.0. The van der Waals surface area contributed by atoms with Gasteiger partial charge in [0.15, 0.2) is 0 Å². The first-order valence-electron chi connectivity index (χ1n) is 6.29. The smallest absolute Gasteiger partial charge is 0.0162 e. The van der Waals surface area contributed by atoms with Gasteiger partial charge in [0.2, 0.25) is 0 Å². The van der Waals surface area contributed by atoms with E-state index in [1.165, 1.54) is 37.0 Å². The van der Waals surface area contributed by atoms with Gasteiger partial charge >= 0.3 is 0 Å². The summed E-state index contributed by atoms with van der Waals surface area (Å²) >= 11 is 1.90. The van der Waals surface area contributed by atoms with E-state index < -0.39 is 0 Å². The highest BCUT2D eigenvalue weighted by Crippen LogP contribution is 2.28. The Hall–Kier alpha value is -0.470. The average molecular weight is 235 g/mol. The predicted octanol–water partition coefficient (Wildman–Crippen LogP) is 3.69. The molecular weight excluding hydrogens is 214 g/mol. The van der Waals surface area contributed by atoms with Crippen LogP contribution in [0.1, 0.15) is 32.1 Å². The van der Waals surface area contributed by atoms with Crippen LogP contribution in [0.4, 0.5) is 0 Å². The number of rotatable bonds is 4. The summed E-state index contributed by atoms with van der Waals surface area (Å²) in [6.07, 6.45) is 6.87. The van der Waals surface area contributed by atoms with Crippen LogP contribution in [0.15, 0.2) is 35.2 Å². The maximum absolute atomic E-state index is 6.28. The predicted molar refractivity (Wildman–Crippen MR) is 71.7 cm³/mol. The molecule has 0 spiro atoms. The van der Waals surface area contributed by atoms with Crippen LogP contribution in [0.3, 0.4) is 0 Å². The SMILES string of the molecule is NC(CSc1ccccc1)C1CCCCC1. The molecule has 0 amide bonds. The summed E-state index contributed by atoms with van der Waals surface area (Å²) in [5.74, 6) is 1.83. The molecule has 0 bridgehead atoms. The normalized spacial score (nSPS) is 19.6. The van der Waals surface area contributed by atoms with Gasteiger partial charge in [-0.25, -0.2) is 0 Å². The summed E-state index contributed by atoms with van der Waals surface area (Å²) in [7, 11) is 0. The van der Waals surface area contributed by atoms with Crippen molar-refractivity contribution >= 4 is 11.8 Å². The van der Waals surface area contributed by atoms with Gasteiger partial charge in [-0.2, -0.15) is 0 Å². The number of hydrogen-bond donors (Lipinski definition) is 1. The van der Waals surface area contributed by atoms with Crippen molar-refractivity contribution in [3.8, 4) is 0 Å². The molecule has 1 saturated carbocycles. The molecule has 0 heterocycles. The minimum Gasteiger partial charge on any atom is -0.327 e. The van der Waals surface area contributed by atoms with Crippen molar-refractivity contribution in [3.05, 3.63) is 30.3 Å². The second-order valence-corrected chi connectivity index (χ2v) is 5.78. The fourth-order valence-electron chi connectivity index (χ4n) is 2.41. The second-order valence-electron chi connectivity index (χ2n) is 4.69. The minimum atomic E-state index is 0.380. The van der Waals surface area contributed by atoms with E-state index in [1.807, 2.05) is 11.8 Å². The Balaban J connectivity index is 1.76. The fourth-order valence-corrected chi connectivity index (χ4v) is 3.41. The molecule has 16 heavy (non-hydrogen) atoms. The lowest BCUT2D eigenvalue weighted by Gasteiger charge is -2.27. The number of thioether (sulfide) groups is 1. The fraction of sp³-hybridized carbons (Fsp3) is 0.571. The summed E-state index contributed by atoms with van der Waals surface area (Å²) in [5.41, 5.74) is 6.28. The van der Waals surface area contributed by atoms with Crippen LogP contribution in [0.5, 0.6) is 0 Å². The maximum atomic E-state index is 6.28. The highest BCUT2D eigenvalue weighted by Gasteiger charge is 2.20. The molecule has 0 aromatic heterocycles. The van der Waals surface area contributed by atoms with E-state index in [-0.39, 0.29) is 0 Å². The monoisotopic (exact) mass is 235 g/mol. The summed E-state index contributed by atoms with van der Waals surface area (Å²) in [4.78, 5) is 1.34. The van der Waals surface area contributed by atoms with Gasteiger partial charge in [0.1, 0.15) is 0 Å². The van der Waals surface area contributed by atoms with E-state index in [9.17, 15) is 0 Å². The lowest BCUT2D eigenvalue weighted by molar-refractivity contribution is 0.319. The summed E-state index contributed by atoms with van der Waals surface area (Å²) in [5, 5.41) is 0. The van der Waals surface area contributed by atoms with Gasteiger partial charge < -0.3 is 5.73 Å². The van der Waals surface area contributed by atoms with Crippen LogP contribution in [0.25, 0.3) is 0 Å². The van der Waals surface area contributed by atoms with Crippen LogP contribution in [0.2, 0.25) is 0 Å². The first-order valence-corrected chi connectivity index (χ1v) is 7.28. The summed E-state index contributed by atoms with van der Waals surface area (Å²) < 4.78 is 0. The molecular formula is C14H21NS. The van der Waals surface area contributed by atoms with Crippen molar-refractivity contribution in [1.82, 2.24) is 0 Å². The van der Waals surface area contributed by atoms with Gasteiger partial charge in [-0.1, -0.05) is 37.5 Å². The molecule has 88 valence electrons. The highest BCUT2D eigenvalue weighted by molar-refractivity contribution is 7.99. The Morgan fingerprint density at radius 1 is 1.12 bits per heavy atom. The van der Waals surface area contributed by atoms with Gasteiger partial charge in [-0.3, -0.25) is 0 Å². The molecule has 2 rings (SSSR count). The van der Waals surface area contributed by atoms with Crippen molar-refractivity contribution in [2.75, 3.05) is 5.75 Å². The van der Waals surface area contributed by atoms with E-state index in [0.29, 0.717) is 6.04 Å². The topological polar surface area (TPSA) is 26.0 Å². The van der Waals surface area contributed by atoms with Crippen molar-refractivity contribution < 1.29 is 0 Å². The third kappa shape index (κ3) is 3.53. The van der Waals surface area contributed by atoms with Crippen molar-refractivity contribution in [3.63, 3.8) is 0 Å². The number of hydrogen-bond acceptors (Lipinski definition) is 2. The number of benzene rings is 1. The molecule has 0 saturated heterocycles. The van der Waals surface area contributed by atoms with Gasteiger partial charge in [0, 0.05) is 16.7 Å². The highest BCUT2D eigenvalue weighted by atomic mass is 32.2. The molecule has 2 N–H and O–H groups in total. The lowest BCUT2D eigenvalue weighted by Crippen LogP contribution is -2.33. The van der Waals surface area contributed by atoms with Gasteiger partial charge in [-0.15, -0.1) is 11.8 Å². The summed E-state index contributed by atoms with van der Waals surface area (Å²) in [6, 6.07) is 11.0. The lowest BCUT2D eigenvalue weighted by atomic mass is 9.85. The Morgan fingerprint density at radius 3 is 2.50 bits per heavy atom. The van der Waals surface area contributed by atoms with E-state index in [1.54, 1.807) is 0 Å². The van der Waals surface area contributed by atoms with Crippen LogP contribution in [0, 0.1) is 5.92 Å². The summed E-state index contributed by atoms with van der Waals surface area (Å²) in [6.45, 7) is 0. The maximum Gasteiger partial charge on any atom is 0.0162 e. The molecule has 1 aliphatic carbocycles.